The van der Waals surface area contributed by atoms with Crippen LogP contribution in [0.15, 0.2) is 35.4 Å². The molecule has 8 nitrogen and oxygen atoms in total. The lowest BCUT2D eigenvalue weighted by Gasteiger charge is -2.12. The summed E-state index contributed by atoms with van der Waals surface area (Å²) in [5, 5.41) is 5.42. The van der Waals surface area contributed by atoms with Gasteiger partial charge in [-0.15, -0.1) is 0 Å². The summed E-state index contributed by atoms with van der Waals surface area (Å²) in [6.07, 6.45) is 3.75. The minimum atomic E-state index is -0.385. The standard InChI is InChI=1S/C18H22N4O4/c1-25-13-5-6-14(16(9-13)26-2)21-18(24)19-7-8-22-11-20-15(10-17(22)23)12-3-4-12/h5-6,9-12H,3-4,7-8H2,1-2H3,(H2,19,21,24). The molecule has 0 aliphatic heterocycles. The molecule has 0 saturated heterocycles. The Morgan fingerprint density at radius 3 is 2.73 bits per heavy atom. The van der Waals surface area contributed by atoms with Crippen molar-refractivity contribution in [2.24, 2.45) is 0 Å². The number of nitrogens with one attached hydrogen (secondary N) is 2. The Morgan fingerprint density at radius 2 is 2.08 bits per heavy atom. The molecule has 0 radical (unpaired) electrons. The maximum absolute atomic E-state index is 12.0. The fourth-order valence-corrected chi connectivity index (χ4v) is 2.57. The van der Waals surface area contributed by atoms with E-state index in [4.69, 9.17) is 9.47 Å². The minimum Gasteiger partial charge on any atom is -0.497 e. The highest BCUT2D eigenvalue weighted by Gasteiger charge is 2.25. The number of carbonyl (C=O) groups excluding carboxylic acids is 1. The van der Waals surface area contributed by atoms with Gasteiger partial charge in [0.2, 0.25) is 0 Å². The lowest BCUT2D eigenvalue weighted by molar-refractivity contribution is 0.251. The van der Waals surface area contributed by atoms with Crippen molar-refractivity contribution in [3.8, 4) is 11.5 Å². The predicted molar refractivity (Wildman–Crippen MR) is 97.0 cm³/mol. The van der Waals surface area contributed by atoms with Crippen LogP contribution < -0.4 is 25.7 Å². The number of anilines is 1. The van der Waals surface area contributed by atoms with E-state index in [0.717, 1.165) is 18.5 Å². The van der Waals surface area contributed by atoms with E-state index in [1.165, 1.54) is 11.7 Å². The fraction of sp³-hybridized carbons (Fsp3) is 0.389. The minimum absolute atomic E-state index is 0.0964. The van der Waals surface area contributed by atoms with Gasteiger partial charge in [-0.25, -0.2) is 9.78 Å². The fourth-order valence-electron chi connectivity index (χ4n) is 2.57. The monoisotopic (exact) mass is 358 g/mol. The first-order valence-electron chi connectivity index (χ1n) is 8.44. The van der Waals surface area contributed by atoms with Crippen LogP contribution in [0.25, 0.3) is 0 Å². The molecule has 1 aliphatic carbocycles. The summed E-state index contributed by atoms with van der Waals surface area (Å²) in [6.45, 7) is 0.651. The summed E-state index contributed by atoms with van der Waals surface area (Å²) >= 11 is 0. The van der Waals surface area contributed by atoms with E-state index in [1.54, 1.807) is 37.7 Å². The van der Waals surface area contributed by atoms with Crippen molar-refractivity contribution < 1.29 is 14.3 Å². The largest absolute Gasteiger partial charge is 0.497 e. The smallest absolute Gasteiger partial charge is 0.319 e. The van der Waals surface area contributed by atoms with Gasteiger partial charge in [0.15, 0.2) is 0 Å². The number of nitrogens with zero attached hydrogens (tertiary/aromatic N) is 2. The Morgan fingerprint density at radius 1 is 1.27 bits per heavy atom. The first-order chi connectivity index (χ1) is 12.6. The molecule has 1 heterocycles. The average Bonchev–Trinajstić information content (AvgIpc) is 3.48. The number of carbonyl (C=O) groups is 1. The molecule has 8 heteroatoms. The van der Waals surface area contributed by atoms with Crippen molar-refractivity contribution in [3.63, 3.8) is 0 Å². The number of rotatable bonds is 7. The van der Waals surface area contributed by atoms with Crippen molar-refractivity contribution in [2.45, 2.75) is 25.3 Å². The van der Waals surface area contributed by atoms with E-state index in [-0.39, 0.29) is 11.6 Å². The van der Waals surface area contributed by atoms with Crippen LogP contribution in [0.2, 0.25) is 0 Å². The van der Waals surface area contributed by atoms with Crippen molar-refractivity contribution in [2.75, 3.05) is 26.1 Å². The quantitative estimate of drug-likeness (QED) is 0.789. The summed E-state index contributed by atoms with van der Waals surface area (Å²) in [7, 11) is 3.07. The Hall–Kier alpha value is -3.03. The molecule has 26 heavy (non-hydrogen) atoms. The molecule has 2 amide bonds. The molecule has 1 aromatic heterocycles. The molecular weight excluding hydrogens is 336 g/mol. The summed E-state index contributed by atoms with van der Waals surface area (Å²) in [5.74, 6) is 1.57. The number of benzene rings is 1. The summed E-state index contributed by atoms with van der Waals surface area (Å²) < 4.78 is 11.8. The van der Waals surface area contributed by atoms with E-state index >= 15 is 0 Å². The third-order valence-corrected chi connectivity index (χ3v) is 4.19. The van der Waals surface area contributed by atoms with Crippen LogP contribution in [-0.4, -0.2) is 36.3 Å². The zero-order valence-corrected chi connectivity index (χ0v) is 14.8. The van der Waals surface area contributed by atoms with Gasteiger partial charge in [0.05, 0.1) is 31.9 Å². The van der Waals surface area contributed by atoms with Gasteiger partial charge in [-0.05, 0) is 25.0 Å². The van der Waals surface area contributed by atoms with Crippen LogP contribution in [0, 0.1) is 0 Å². The second kappa shape index (κ2) is 7.90. The van der Waals surface area contributed by atoms with Crippen LogP contribution in [0.4, 0.5) is 10.5 Å². The lowest BCUT2D eigenvalue weighted by Crippen LogP contribution is -2.33. The van der Waals surface area contributed by atoms with Gasteiger partial charge in [0.25, 0.3) is 5.56 Å². The SMILES string of the molecule is COc1ccc(NC(=O)NCCn2cnc(C3CC3)cc2=O)c(OC)c1. The number of hydrogen-bond acceptors (Lipinski definition) is 5. The Balaban J connectivity index is 1.52. The van der Waals surface area contributed by atoms with Gasteiger partial charge in [-0.2, -0.15) is 0 Å². The van der Waals surface area contributed by atoms with Crippen LogP contribution >= 0.6 is 0 Å². The third kappa shape index (κ3) is 4.33. The molecule has 3 rings (SSSR count). The molecule has 1 aromatic carbocycles. The van der Waals surface area contributed by atoms with Crippen molar-refractivity contribution in [1.82, 2.24) is 14.9 Å². The highest BCUT2D eigenvalue weighted by atomic mass is 16.5. The number of amides is 2. The van der Waals surface area contributed by atoms with Gasteiger partial charge in [0.1, 0.15) is 11.5 Å². The number of ether oxygens (including phenoxy) is 2. The van der Waals surface area contributed by atoms with Gasteiger partial charge in [0, 0.05) is 31.1 Å². The number of hydrogen-bond donors (Lipinski definition) is 2. The van der Waals surface area contributed by atoms with E-state index in [9.17, 15) is 9.59 Å². The highest BCUT2D eigenvalue weighted by Crippen LogP contribution is 2.38. The molecule has 2 N–H and O–H groups in total. The Bertz CT molecular complexity index is 845. The zero-order chi connectivity index (χ0) is 18.5. The van der Waals surface area contributed by atoms with Crippen LogP contribution in [0.5, 0.6) is 11.5 Å². The second-order valence-corrected chi connectivity index (χ2v) is 6.07. The van der Waals surface area contributed by atoms with E-state index in [2.05, 4.69) is 15.6 Å². The van der Waals surface area contributed by atoms with Crippen molar-refractivity contribution >= 4 is 11.7 Å². The van der Waals surface area contributed by atoms with Crippen LogP contribution in [0.1, 0.15) is 24.5 Å². The molecule has 1 aliphatic rings. The predicted octanol–water partition coefficient (Wildman–Crippen LogP) is 1.96. The molecule has 0 unspecified atom stereocenters. The lowest BCUT2D eigenvalue weighted by atomic mass is 10.2. The van der Waals surface area contributed by atoms with Gasteiger partial charge < -0.3 is 20.1 Å². The molecule has 1 saturated carbocycles. The van der Waals surface area contributed by atoms with E-state index in [1.807, 2.05) is 0 Å². The molecular formula is C18H22N4O4. The van der Waals surface area contributed by atoms with Crippen molar-refractivity contribution in [1.29, 1.82) is 0 Å². The first-order valence-corrected chi connectivity index (χ1v) is 8.44. The number of urea groups is 1. The van der Waals surface area contributed by atoms with Gasteiger partial charge >= 0.3 is 6.03 Å². The van der Waals surface area contributed by atoms with Crippen LogP contribution in [0.3, 0.4) is 0 Å². The second-order valence-electron chi connectivity index (χ2n) is 6.07. The van der Waals surface area contributed by atoms with E-state index in [0.29, 0.717) is 36.2 Å². The molecule has 2 aromatic rings. The topological polar surface area (TPSA) is 94.5 Å². The summed E-state index contributed by atoms with van der Waals surface area (Å²) in [5.41, 5.74) is 1.29. The third-order valence-electron chi connectivity index (χ3n) is 4.19. The zero-order valence-electron chi connectivity index (χ0n) is 14.8. The average molecular weight is 358 g/mol. The first kappa shape index (κ1) is 17.8. The molecule has 1 fully saturated rings. The normalized spacial score (nSPS) is 13.2. The van der Waals surface area contributed by atoms with Gasteiger partial charge in [-0.3, -0.25) is 9.36 Å². The van der Waals surface area contributed by atoms with E-state index < -0.39 is 0 Å². The van der Waals surface area contributed by atoms with Crippen molar-refractivity contribution in [3.05, 3.63) is 46.6 Å². The maximum atomic E-state index is 12.0. The number of aromatic nitrogens is 2. The van der Waals surface area contributed by atoms with Crippen LogP contribution in [-0.2, 0) is 6.54 Å². The molecule has 138 valence electrons. The summed E-state index contributed by atoms with van der Waals surface area (Å²) in [4.78, 5) is 28.4. The molecule has 0 spiro atoms. The maximum Gasteiger partial charge on any atom is 0.319 e. The number of methoxy groups -OCH3 is 2. The molecule has 0 atom stereocenters. The molecule has 0 bridgehead atoms. The Labute approximate surface area is 151 Å². The highest BCUT2D eigenvalue weighted by molar-refractivity contribution is 5.91. The Kier molecular flexibility index (Phi) is 5.40. The summed E-state index contributed by atoms with van der Waals surface area (Å²) in [6, 6.07) is 6.30. The van der Waals surface area contributed by atoms with Gasteiger partial charge in [-0.1, -0.05) is 0 Å².